The first-order valence-electron chi connectivity index (χ1n) is 7.89. The first kappa shape index (κ1) is 13.7. The highest BCUT2D eigenvalue weighted by molar-refractivity contribution is 5.94. The fourth-order valence-corrected chi connectivity index (χ4v) is 3.24. The summed E-state index contributed by atoms with van der Waals surface area (Å²) in [5.41, 5.74) is 0.862. The Kier molecular flexibility index (Phi) is 3.54. The Morgan fingerprint density at radius 3 is 2.91 bits per heavy atom. The second-order valence-electron chi connectivity index (χ2n) is 5.91. The highest BCUT2D eigenvalue weighted by Crippen LogP contribution is 2.36. The Bertz CT molecular complexity index is 571. The minimum atomic E-state index is 0.0491. The molecule has 2 fully saturated rings. The minimum absolute atomic E-state index is 0.0491. The number of anilines is 1. The fourth-order valence-electron chi connectivity index (χ4n) is 3.24. The van der Waals surface area contributed by atoms with Crippen molar-refractivity contribution in [2.24, 2.45) is 0 Å². The van der Waals surface area contributed by atoms with Crippen LogP contribution in [-0.4, -0.2) is 50.1 Å². The van der Waals surface area contributed by atoms with E-state index >= 15 is 0 Å². The zero-order chi connectivity index (χ0) is 14.9. The van der Waals surface area contributed by atoms with Gasteiger partial charge in [-0.15, -0.1) is 0 Å². The lowest BCUT2D eigenvalue weighted by atomic mass is 10.1. The second kappa shape index (κ2) is 5.68. The Morgan fingerprint density at radius 2 is 2.05 bits per heavy atom. The third-order valence-electron chi connectivity index (χ3n) is 4.46. The standard InChI is InChI=1S/C16H20N2O4/c19-16-17(10-13-3-1-2-8-20-13)6-7-18(16)12-4-5-14-15(9-12)22-11-21-14/h4-5,9,13H,1-3,6-8,10-11H2. The molecule has 1 aromatic carbocycles. The van der Waals surface area contributed by atoms with Crippen molar-refractivity contribution < 1.29 is 19.0 Å². The van der Waals surface area contributed by atoms with Crippen LogP contribution in [0, 0.1) is 0 Å². The summed E-state index contributed by atoms with van der Waals surface area (Å²) < 4.78 is 16.4. The number of fused-ring (bicyclic) bond motifs is 1. The predicted molar refractivity (Wildman–Crippen MR) is 80.5 cm³/mol. The molecule has 6 nitrogen and oxygen atoms in total. The highest BCUT2D eigenvalue weighted by Gasteiger charge is 2.32. The number of urea groups is 1. The van der Waals surface area contributed by atoms with Crippen LogP contribution in [0.4, 0.5) is 10.5 Å². The Morgan fingerprint density at radius 1 is 1.14 bits per heavy atom. The van der Waals surface area contributed by atoms with Gasteiger partial charge < -0.3 is 19.1 Å². The quantitative estimate of drug-likeness (QED) is 0.859. The van der Waals surface area contributed by atoms with Crippen molar-refractivity contribution in [3.63, 3.8) is 0 Å². The summed E-state index contributed by atoms with van der Waals surface area (Å²) in [6, 6.07) is 5.69. The molecule has 0 aromatic heterocycles. The number of ether oxygens (including phenoxy) is 3. The molecule has 118 valence electrons. The van der Waals surface area contributed by atoms with Gasteiger partial charge in [0.2, 0.25) is 6.79 Å². The molecule has 1 aromatic rings. The topological polar surface area (TPSA) is 51.2 Å². The lowest BCUT2D eigenvalue weighted by molar-refractivity contribution is 0.00338. The monoisotopic (exact) mass is 304 g/mol. The molecule has 1 atom stereocenters. The molecule has 0 radical (unpaired) electrons. The summed E-state index contributed by atoms with van der Waals surface area (Å²) in [6.07, 6.45) is 3.56. The Hall–Kier alpha value is -1.95. The van der Waals surface area contributed by atoms with Gasteiger partial charge in [-0.2, -0.15) is 0 Å². The molecule has 6 heteroatoms. The molecular formula is C16H20N2O4. The van der Waals surface area contributed by atoms with Crippen LogP contribution in [0.2, 0.25) is 0 Å². The smallest absolute Gasteiger partial charge is 0.324 e. The average Bonchev–Trinajstić information content (AvgIpc) is 3.15. The van der Waals surface area contributed by atoms with Crippen LogP contribution in [0.15, 0.2) is 18.2 Å². The van der Waals surface area contributed by atoms with Crippen LogP contribution in [0.1, 0.15) is 19.3 Å². The zero-order valence-electron chi connectivity index (χ0n) is 12.5. The van der Waals surface area contributed by atoms with Crippen LogP contribution in [0.5, 0.6) is 11.5 Å². The largest absolute Gasteiger partial charge is 0.454 e. The normalized spacial score (nSPS) is 24.2. The molecule has 3 aliphatic heterocycles. The minimum Gasteiger partial charge on any atom is -0.454 e. The average molecular weight is 304 g/mol. The van der Waals surface area contributed by atoms with Gasteiger partial charge in [0.1, 0.15) is 0 Å². The van der Waals surface area contributed by atoms with E-state index in [1.165, 1.54) is 6.42 Å². The number of carbonyl (C=O) groups excluding carboxylic acids is 1. The number of hydrogen-bond acceptors (Lipinski definition) is 4. The van der Waals surface area contributed by atoms with Crippen LogP contribution >= 0.6 is 0 Å². The summed E-state index contributed by atoms with van der Waals surface area (Å²) in [5.74, 6) is 1.45. The third-order valence-corrected chi connectivity index (χ3v) is 4.46. The van der Waals surface area contributed by atoms with Gasteiger partial charge >= 0.3 is 6.03 Å². The Balaban J connectivity index is 1.44. The molecule has 22 heavy (non-hydrogen) atoms. The maximum absolute atomic E-state index is 12.6. The van der Waals surface area contributed by atoms with E-state index in [4.69, 9.17) is 14.2 Å². The van der Waals surface area contributed by atoms with E-state index in [0.29, 0.717) is 18.8 Å². The van der Waals surface area contributed by atoms with Crippen LogP contribution in [-0.2, 0) is 4.74 Å². The van der Waals surface area contributed by atoms with Crippen molar-refractivity contribution in [2.75, 3.05) is 37.9 Å². The van der Waals surface area contributed by atoms with Crippen LogP contribution in [0.3, 0.4) is 0 Å². The molecule has 2 saturated heterocycles. The van der Waals surface area contributed by atoms with E-state index in [1.54, 1.807) is 4.90 Å². The first-order chi connectivity index (χ1) is 10.8. The first-order valence-corrected chi connectivity index (χ1v) is 7.89. The van der Waals surface area contributed by atoms with E-state index in [9.17, 15) is 4.79 Å². The van der Waals surface area contributed by atoms with Gasteiger partial charge in [-0.3, -0.25) is 4.90 Å². The van der Waals surface area contributed by atoms with Gasteiger partial charge in [0.05, 0.1) is 6.10 Å². The van der Waals surface area contributed by atoms with Gasteiger partial charge in [0.15, 0.2) is 11.5 Å². The van der Waals surface area contributed by atoms with E-state index in [-0.39, 0.29) is 18.9 Å². The highest BCUT2D eigenvalue weighted by atomic mass is 16.7. The Labute approximate surface area is 129 Å². The molecule has 1 unspecified atom stereocenters. The molecular weight excluding hydrogens is 284 g/mol. The molecule has 0 spiro atoms. The van der Waals surface area contributed by atoms with Gasteiger partial charge in [-0.05, 0) is 31.4 Å². The van der Waals surface area contributed by atoms with E-state index < -0.39 is 0 Å². The molecule has 3 aliphatic rings. The lowest BCUT2D eigenvalue weighted by Gasteiger charge is -2.27. The maximum atomic E-state index is 12.6. The number of nitrogens with zero attached hydrogens (tertiary/aromatic N) is 2. The van der Waals surface area contributed by atoms with Crippen LogP contribution < -0.4 is 14.4 Å². The number of rotatable bonds is 3. The number of benzene rings is 1. The van der Waals surface area contributed by atoms with Gasteiger partial charge in [-0.1, -0.05) is 0 Å². The zero-order valence-corrected chi connectivity index (χ0v) is 12.5. The second-order valence-corrected chi connectivity index (χ2v) is 5.91. The molecule has 3 heterocycles. The van der Waals surface area contributed by atoms with Gasteiger partial charge in [0, 0.05) is 38.0 Å². The molecule has 0 aliphatic carbocycles. The van der Waals surface area contributed by atoms with E-state index in [0.717, 1.165) is 37.4 Å². The SMILES string of the molecule is O=C1N(CC2CCCCO2)CCN1c1ccc2c(c1)OCO2. The molecule has 0 N–H and O–H groups in total. The van der Waals surface area contributed by atoms with Crippen molar-refractivity contribution in [3.8, 4) is 11.5 Å². The summed E-state index contributed by atoms with van der Waals surface area (Å²) in [6.45, 7) is 3.20. The van der Waals surface area contributed by atoms with Gasteiger partial charge in [-0.25, -0.2) is 4.79 Å². The van der Waals surface area contributed by atoms with Crippen molar-refractivity contribution in [2.45, 2.75) is 25.4 Å². The van der Waals surface area contributed by atoms with Crippen molar-refractivity contribution in [1.82, 2.24) is 4.90 Å². The molecule has 4 rings (SSSR count). The van der Waals surface area contributed by atoms with Crippen molar-refractivity contribution >= 4 is 11.7 Å². The van der Waals surface area contributed by atoms with Gasteiger partial charge in [0.25, 0.3) is 0 Å². The summed E-state index contributed by atoms with van der Waals surface area (Å²) in [4.78, 5) is 16.3. The summed E-state index contributed by atoms with van der Waals surface area (Å²) >= 11 is 0. The lowest BCUT2D eigenvalue weighted by Crippen LogP contribution is -2.39. The van der Waals surface area contributed by atoms with E-state index in [2.05, 4.69) is 0 Å². The maximum Gasteiger partial charge on any atom is 0.324 e. The summed E-state index contributed by atoms with van der Waals surface area (Å²) in [7, 11) is 0. The fraction of sp³-hybridized carbons (Fsp3) is 0.562. The molecule has 0 saturated carbocycles. The third kappa shape index (κ3) is 2.47. The molecule has 2 amide bonds. The van der Waals surface area contributed by atoms with E-state index in [1.807, 2.05) is 23.1 Å². The van der Waals surface area contributed by atoms with Crippen molar-refractivity contribution in [3.05, 3.63) is 18.2 Å². The summed E-state index contributed by atoms with van der Waals surface area (Å²) in [5, 5.41) is 0. The number of carbonyl (C=O) groups is 1. The number of amides is 2. The molecule has 0 bridgehead atoms. The van der Waals surface area contributed by atoms with Crippen molar-refractivity contribution in [1.29, 1.82) is 0 Å². The number of hydrogen-bond donors (Lipinski definition) is 0. The van der Waals surface area contributed by atoms with Crippen LogP contribution in [0.25, 0.3) is 0 Å². The predicted octanol–water partition coefficient (Wildman–Crippen LogP) is 2.23.